The van der Waals surface area contributed by atoms with Gasteiger partial charge in [0.15, 0.2) is 0 Å². The molecular formula is C14H15FN2O2S. The fraction of sp³-hybridized carbons (Fsp3) is 0.357. The Balaban J connectivity index is 1.63. The first-order valence-electron chi connectivity index (χ1n) is 6.49. The molecule has 0 saturated carbocycles. The van der Waals surface area contributed by atoms with Crippen molar-refractivity contribution in [1.82, 2.24) is 10.6 Å². The van der Waals surface area contributed by atoms with Gasteiger partial charge >= 0.3 is 0 Å². The van der Waals surface area contributed by atoms with Gasteiger partial charge in [0.05, 0.1) is 18.7 Å². The van der Waals surface area contributed by atoms with Crippen LogP contribution in [0.25, 0.3) is 10.1 Å². The highest BCUT2D eigenvalue weighted by atomic mass is 32.1. The standard InChI is InChI=1S/C14H15FN2O2S/c15-9-1-2-13-8(3-9)4-11(20-13)7-17-14(19)12-5-10(18)6-16-12/h1-4,10,12,16,18H,5-7H2,(H,17,19)/t10-,12-/m0/s1. The van der Waals surface area contributed by atoms with Crippen LogP contribution in [-0.4, -0.2) is 29.7 Å². The van der Waals surface area contributed by atoms with Crippen LogP contribution in [0.5, 0.6) is 0 Å². The Bertz CT molecular complexity index is 643. The highest BCUT2D eigenvalue weighted by Crippen LogP contribution is 2.26. The normalized spacial score (nSPS) is 22.3. The molecule has 1 amide bonds. The summed E-state index contributed by atoms with van der Waals surface area (Å²) >= 11 is 1.54. The molecule has 2 aromatic rings. The van der Waals surface area contributed by atoms with Crippen molar-refractivity contribution in [2.24, 2.45) is 0 Å². The molecule has 0 aliphatic carbocycles. The molecule has 0 unspecified atom stereocenters. The van der Waals surface area contributed by atoms with E-state index in [2.05, 4.69) is 10.6 Å². The third kappa shape index (κ3) is 2.82. The Kier molecular flexibility index (Phi) is 3.69. The van der Waals surface area contributed by atoms with E-state index >= 15 is 0 Å². The number of rotatable bonds is 3. The molecule has 1 aromatic heterocycles. The SMILES string of the molecule is O=C(NCc1cc2cc(F)ccc2s1)[C@@H]1C[C@H](O)CN1. The average molecular weight is 294 g/mol. The molecule has 2 atom stereocenters. The van der Waals surface area contributed by atoms with E-state index in [9.17, 15) is 14.3 Å². The van der Waals surface area contributed by atoms with Gasteiger partial charge in [-0.15, -0.1) is 11.3 Å². The third-order valence-corrected chi connectivity index (χ3v) is 4.51. The van der Waals surface area contributed by atoms with E-state index in [0.29, 0.717) is 19.5 Å². The van der Waals surface area contributed by atoms with Crippen molar-refractivity contribution in [3.05, 3.63) is 35.0 Å². The number of fused-ring (bicyclic) bond motifs is 1. The highest BCUT2D eigenvalue weighted by molar-refractivity contribution is 7.19. The lowest BCUT2D eigenvalue weighted by molar-refractivity contribution is -0.123. The number of nitrogens with one attached hydrogen (secondary N) is 2. The predicted octanol–water partition coefficient (Wildman–Crippen LogP) is 1.38. The van der Waals surface area contributed by atoms with Crippen LogP contribution >= 0.6 is 11.3 Å². The minimum atomic E-state index is -0.446. The van der Waals surface area contributed by atoms with Crippen LogP contribution in [0.1, 0.15) is 11.3 Å². The smallest absolute Gasteiger partial charge is 0.237 e. The van der Waals surface area contributed by atoms with Gasteiger partial charge in [0.2, 0.25) is 5.91 Å². The first-order chi connectivity index (χ1) is 9.61. The zero-order valence-electron chi connectivity index (χ0n) is 10.7. The van der Waals surface area contributed by atoms with E-state index in [-0.39, 0.29) is 17.8 Å². The Hall–Kier alpha value is -1.50. The maximum absolute atomic E-state index is 13.1. The second kappa shape index (κ2) is 5.47. The molecule has 1 aromatic carbocycles. The minimum Gasteiger partial charge on any atom is -0.392 e. The van der Waals surface area contributed by atoms with Gasteiger partial charge in [0.1, 0.15) is 5.82 Å². The summed E-state index contributed by atoms with van der Waals surface area (Å²) in [7, 11) is 0. The number of aliphatic hydroxyl groups is 1. The summed E-state index contributed by atoms with van der Waals surface area (Å²) in [4.78, 5) is 12.9. The molecule has 1 aliphatic heterocycles. The molecule has 0 spiro atoms. The van der Waals surface area contributed by atoms with Crippen molar-refractivity contribution in [2.45, 2.75) is 25.1 Å². The van der Waals surface area contributed by atoms with Gasteiger partial charge in [-0.2, -0.15) is 0 Å². The predicted molar refractivity (Wildman–Crippen MR) is 76.0 cm³/mol. The van der Waals surface area contributed by atoms with Crippen LogP contribution in [0.4, 0.5) is 4.39 Å². The molecule has 106 valence electrons. The van der Waals surface area contributed by atoms with Crippen molar-refractivity contribution >= 4 is 27.3 Å². The van der Waals surface area contributed by atoms with Crippen LogP contribution in [0.3, 0.4) is 0 Å². The molecule has 1 aliphatic rings. The quantitative estimate of drug-likeness (QED) is 0.801. The van der Waals surface area contributed by atoms with Crippen LogP contribution in [0, 0.1) is 5.82 Å². The number of aliphatic hydroxyl groups excluding tert-OH is 1. The Morgan fingerprint density at radius 2 is 2.35 bits per heavy atom. The molecule has 3 rings (SSSR count). The summed E-state index contributed by atoms with van der Waals surface area (Å²) in [6.45, 7) is 0.883. The Morgan fingerprint density at radius 1 is 1.50 bits per heavy atom. The largest absolute Gasteiger partial charge is 0.392 e. The summed E-state index contributed by atoms with van der Waals surface area (Å²) in [5.74, 6) is -0.361. The summed E-state index contributed by atoms with van der Waals surface area (Å²) in [6.07, 6.45) is 0.00163. The van der Waals surface area contributed by atoms with Crippen LogP contribution < -0.4 is 10.6 Å². The van der Waals surface area contributed by atoms with Crippen LogP contribution in [0.2, 0.25) is 0 Å². The second-order valence-electron chi connectivity index (χ2n) is 4.96. The number of benzene rings is 1. The van der Waals surface area contributed by atoms with Crippen molar-refractivity contribution in [3.8, 4) is 0 Å². The lowest BCUT2D eigenvalue weighted by Gasteiger charge is -2.09. The van der Waals surface area contributed by atoms with Crippen molar-refractivity contribution in [2.75, 3.05) is 6.54 Å². The summed E-state index contributed by atoms with van der Waals surface area (Å²) in [5, 5.41) is 16.0. The highest BCUT2D eigenvalue weighted by Gasteiger charge is 2.27. The number of β-amino-alcohol motifs (C(OH)–C–C–N with tert-alkyl or cyclic N) is 1. The third-order valence-electron chi connectivity index (χ3n) is 3.39. The molecular weight excluding hydrogens is 279 g/mol. The topological polar surface area (TPSA) is 61.4 Å². The van der Waals surface area contributed by atoms with Crippen LogP contribution in [-0.2, 0) is 11.3 Å². The maximum Gasteiger partial charge on any atom is 0.237 e. The lowest BCUT2D eigenvalue weighted by Crippen LogP contribution is -2.39. The molecule has 2 heterocycles. The number of hydrogen-bond acceptors (Lipinski definition) is 4. The number of hydrogen-bond donors (Lipinski definition) is 3. The summed E-state index contributed by atoms with van der Waals surface area (Å²) < 4.78 is 14.1. The monoisotopic (exact) mass is 294 g/mol. The molecule has 0 radical (unpaired) electrons. The van der Waals surface area contributed by atoms with E-state index < -0.39 is 6.10 Å². The molecule has 6 heteroatoms. The van der Waals surface area contributed by atoms with Gasteiger partial charge in [0, 0.05) is 16.1 Å². The van der Waals surface area contributed by atoms with Gasteiger partial charge in [-0.25, -0.2) is 4.39 Å². The van der Waals surface area contributed by atoms with Gasteiger partial charge in [-0.1, -0.05) is 0 Å². The van der Waals surface area contributed by atoms with E-state index in [0.717, 1.165) is 15.0 Å². The number of carbonyl (C=O) groups is 1. The maximum atomic E-state index is 13.1. The zero-order valence-corrected chi connectivity index (χ0v) is 11.5. The summed E-state index contributed by atoms with van der Waals surface area (Å²) in [6, 6.07) is 6.24. The Labute approximate surface area is 119 Å². The van der Waals surface area contributed by atoms with E-state index in [1.165, 1.54) is 23.5 Å². The average Bonchev–Trinajstić information content (AvgIpc) is 3.01. The first-order valence-corrected chi connectivity index (χ1v) is 7.30. The molecule has 4 nitrogen and oxygen atoms in total. The van der Waals surface area contributed by atoms with Gasteiger partial charge < -0.3 is 15.7 Å². The van der Waals surface area contributed by atoms with Crippen LogP contribution in [0.15, 0.2) is 24.3 Å². The lowest BCUT2D eigenvalue weighted by atomic mass is 10.2. The Morgan fingerprint density at radius 3 is 3.10 bits per heavy atom. The number of amides is 1. The number of carbonyl (C=O) groups excluding carboxylic acids is 1. The molecule has 0 bridgehead atoms. The zero-order chi connectivity index (χ0) is 14.1. The van der Waals surface area contributed by atoms with E-state index in [1.807, 2.05) is 6.07 Å². The number of halogens is 1. The first kappa shape index (κ1) is 13.5. The van der Waals surface area contributed by atoms with Crippen molar-refractivity contribution < 1.29 is 14.3 Å². The van der Waals surface area contributed by atoms with Gasteiger partial charge in [0.25, 0.3) is 0 Å². The fourth-order valence-electron chi connectivity index (χ4n) is 2.37. The van der Waals surface area contributed by atoms with Crippen molar-refractivity contribution in [1.29, 1.82) is 0 Å². The number of thiophene rings is 1. The summed E-state index contributed by atoms with van der Waals surface area (Å²) in [5.41, 5.74) is 0. The van der Waals surface area contributed by atoms with E-state index in [4.69, 9.17) is 0 Å². The molecule has 20 heavy (non-hydrogen) atoms. The molecule has 1 saturated heterocycles. The second-order valence-corrected chi connectivity index (χ2v) is 6.13. The van der Waals surface area contributed by atoms with Gasteiger partial charge in [-0.3, -0.25) is 4.79 Å². The minimum absolute atomic E-state index is 0.106. The van der Waals surface area contributed by atoms with Crippen molar-refractivity contribution in [3.63, 3.8) is 0 Å². The van der Waals surface area contributed by atoms with E-state index in [1.54, 1.807) is 6.07 Å². The molecule has 3 N–H and O–H groups in total. The molecule has 1 fully saturated rings. The fourth-order valence-corrected chi connectivity index (χ4v) is 3.36. The van der Waals surface area contributed by atoms with Gasteiger partial charge in [-0.05, 0) is 36.1 Å².